The maximum absolute atomic E-state index is 10.4. The van der Waals surface area contributed by atoms with E-state index >= 15 is 0 Å². The van der Waals surface area contributed by atoms with Gasteiger partial charge in [0, 0.05) is 41.1 Å². The number of hydrogen-bond acceptors (Lipinski definition) is 5. The number of carbonyl (C=O) groups excluding carboxylic acids is 1. The quantitative estimate of drug-likeness (QED) is 0.282. The van der Waals surface area contributed by atoms with E-state index in [1.807, 2.05) is 74.1 Å². The number of anilines is 2. The van der Waals surface area contributed by atoms with Gasteiger partial charge in [-0.25, -0.2) is 9.97 Å². The number of nitrogens with one attached hydrogen (secondary N) is 2. The number of hydrogen-bond donors (Lipinski definition) is 2. The molecule has 1 unspecified atom stereocenters. The van der Waals surface area contributed by atoms with E-state index in [0.717, 1.165) is 40.0 Å². The molecule has 0 aliphatic heterocycles. The molecule has 0 spiro atoms. The fourth-order valence-corrected chi connectivity index (χ4v) is 3.57. The molecule has 0 aliphatic rings. The molecule has 7 heteroatoms. The molecule has 4 aromatic rings. The minimum absolute atomic E-state index is 0.130. The lowest BCUT2D eigenvalue weighted by Gasteiger charge is -2.06. The molecule has 0 saturated heterocycles. The van der Waals surface area contributed by atoms with Crippen LogP contribution >= 0.6 is 22.3 Å². The van der Waals surface area contributed by atoms with Gasteiger partial charge < -0.3 is 10.0 Å². The lowest BCUT2D eigenvalue weighted by molar-refractivity contribution is 0.112. The molecule has 5 nitrogen and oxygen atoms in total. The molecule has 158 valence electrons. The van der Waals surface area contributed by atoms with E-state index in [1.54, 1.807) is 12.1 Å². The van der Waals surface area contributed by atoms with Crippen molar-refractivity contribution in [1.29, 1.82) is 0 Å². The predicted molar refractivity (Wildman–Crippen MR) is 136 cm³/mol. The maximum atomic E-state index is 10.4. The Bertz CT molecular complexity index is 1230. The summed E-state index contributed by atoms with van der Waals surface area (Å²) in [5.41, 5.74) is 4.44. The second kappa shape index (κ2) is 10.7. The van der Waals surface area contributed by atoms with E-state index in [4.69, 9.17) is 11.6 Å². The Hall–Kier alpha value is -3.22. The maximum Gasteiger partial charge on any atom is 0.159 e. The summed E-state index contributed by atoms with van der Waals surface area (Å²) in [4.78, 5) is 19.4. The minimum Gasteiger partial charge on any atom is -0.388 e. The van der Waals surface area contributed by atoms with Crippen LogP contribution in [0.25, 0.3) is 22.3 Å². The lowest BCUT2D eigenvalue weighted by Crippen LogP contribution is -1.92. The van der Waals surface area contributed by atoms with Gasteiger partial charge in [-0.2, -0.15) is 0 Å². The van der Waals surface area contributed by atoms with Crippen molar-refractivity contribution in [1.82, 2.24) is 9.97 Å². The zero-order valence-electron chi connectivity index (χ0n) is 17.3. The van der Waals surface area contributed by atoms with Crippen molar-refractivity contribution >= 4 is 56.7 Å². The molecule has 1 aromatic heterocycles. The summed E-state index contributed by atoms with van der Waals surface area (Å²) in [6.07, 6.45) is 4.56. The van der Waals surface area contributed by atoms with E-state index in [1.165, 1.54) is 0 Å². The van der Waals surface area contributed by atoms with Crippen LogP contribution < -0.4 is 10.0 Å². The van der Waals surface area contributed by atoms with Gasteiger partial charge in [-0.1, -0.05) is 47.8 Å². The highest BCUT2D eigenvalue weighted by Gasteiger charge is 2.03. The monoisotopic (exact) mass is 450 g/mol. The van der Waals surface area contributed by atoms with Crippen molar-refractivity contribution in [2.75, 3.05) is 23.3 Å². The van der Waals surface area contributed by atoms with E-state index in [0.29, 0.717) is 10.6 Å². The van der Waals surface area contributed by atoms with Crippen LogP contribution in [-0.4, -0.2) is 35.4 Å². The molecule has 0 bridgehead atoms. The van der Waals surface area contributed by atoms with Crippen molar-refractivity contribution < 1.29 is 4.79 Å². The van der Waals surface area contributed by atoms with Gasteiger partial charge in [0.25, 0.3) is 0 Å². The molecule has 0 fully saturated rings. The molecular weight excluding hydrogens is 428 g/mol. The minimum atomic E-state index is -0.130. The highest BCUT2D eigenvalue weighted by Crippen LogP contribution is 2.22. The summed E-state index contributed by atoms with van der Waals surface area (Å²) in [5, 5.41) is 4.64. The summed E-state index contributed by atoms with van der Waals surface area (Å²) >= 11 is 5.82. The van der Waals surface area contributed by atoms with Crippen LogP contribution in [0.5, 0.6) is 0 Å². The molecule has 4 rings (SSSR count). The summed E-state index contributed by atoms with van der Waals surface area (Å²) in [7, 11) is 1.77. The highest BCUT2D eigenvalue weighted by atomic mass is 35.5. The topological polar surface area (TPSA) is 66.9 Å². The van der Waals surface area contributed by atoms with Crippen molar-refractivity contribution in [3.05, 3.63) is 83.5 Å². The lowest BCUT2D eigenvalue weighted by atomic mass is 10.1. The van der Waals surface area contributed by atoms with Gasteiger partial charge in [-0.05, 0) is 42.7 Å². The molecule has 3 aromatic carbocycles. The molecule has 2 N–H and O–H groups in total. The number of fused-ring (bicyclic) bond motifs is 1. The smallest absolute Gasteiger partial charge is 0.159 e. The van der Waals surface area contributed by atoms with Crippen LogP contribution in [-0.2, 0) is 0 Å². The van der Waals surface area contributed by atoms with Gasteiger partial charge in [0.2, 0.25) is 0 Å². The Morgan fingerprint density at radius 3 is 2.55 bits per heavy atom. The van der Waals surface area contributed by atoms with Crippen molar-refractivity contribution in [3.8, 4) is 11.4 Å². The zero-order chi connectivity index (χ0) is 22.2. The molecule has 0 radical (unpaired) electrons. The first-order valence-electron chi connectivity index (χ1n) is 9.47. The van der Waals surface area contributed by atoms with Crippen LogP contribution in [0.1, 0.15) is 10.4 Å². The van der Waals surface area contributed by atoms with Gasteiger partial charge in [0.05, 0.1) is 10.5 Å². The fraction of sp³-hybridized carbons (Fsp3) is 0.0833. The Labute approximate surface area is 189 Å². The third kappa shape index (κ3) is 6.13. The fourth-order valence-electron chi connectivity index (χ4n) is 2.81. The molecule has 1 atom stereocenters. The van der Waals surface area contributed by atoms with Crippen LogP contribution in [0.3, 0.4) is 0 Å². The third-order valence-corrected chi connectivity index (χ3v) is 5.23. The first-order chi connectivity index (χ1) is 15.0. The number of benzene rings is 3. The van der Waals surface area contributed by atoms with Gasteiger partial charge in [-0.3, -0.25) is 4.79 Å². The Morgan fingerprint density at radius 2 is 1.84 bits per heavy atom. The summed E-state index contributed by atoms with van der Waals surface area (Å²) in [6, 6.07) is 21.3. The van der Waals surface area contributed by atoms with Crippen molar-refractivity contribution in [2.45, 2.75) is 0 Å². The van der Waals surface area contributed by atoms with Crippen molar-refractivity contribution in [2.24, 2.45) is 0 Å². The second-order valence-electron chi connectivity index (χ2n) is 6.68. The predicted octanol–water partition coefficient (Wildman–Crippen LogP) is 6.15. The number of para-hydroxylation sites is 1. The summed E-state index contributed by atoms with van der Waals surface area (Å²) in [5.74, 6) is 4.57. The summed E-state index contributed by atoms with van der Waals surface area (Å²) in [6.45, 7) is 0. The van der Waals surface area contributed by atoms with Gasteiger partial charge in [0.15, 0.2) is 12.1 Å². The Kier molecular flexibility index (Phi) is 7.76. The van der Waals surface area contributed by atoms with Crippen LogP contribution in [0.2, 0.25) is 5.02 Å². The van der Waals surface area contributed by atoms with Gasteiger partial charge >= 0.3 is 0 Å². The molecule has 0 saturated carbocycles. The van der Waals surface area contributed by atoms with E-state index < -0.39 is 0 Å². The number of aldehydes is 1. The van der Waals surface area contributed by atoms with E-state index in [9.17, 15) is 4.79 Å². The molecular formula is C24H23ClN4OS. The number of rotatable bonds is 5. The normalized spacial score (nSPS) is 11.2. The SMILES string of the molecule is C=S(C)Nc1ccc(C=O)c(Cl)c1.CNc1cccc(-c2ncc3ccccc3n2)c1. The highest BCUT2D eigenvalue weighted by molar-refractivity contribution is 8.14. The van der Waals surface area contributed by atoms with Gasteiger partial charge in [0.1, 0.15) is 0 Å². The van der Waals surface area contributed by atoms with Crippen LogP contribution in [0.4, 0.5) is 11.4 Å². The number of nitrogens with zero attached hydrogens (tertiary/aromatic N) is 2. The van der Waals surface area contributed by atoms with Crippen molar-refractivity contribution in [3.63, 3.8) is 0 Å². The van der Waals surface area contributed by atoms with E-state index in [2.05, 4.69) is 25.9 Å². The first-order valence-corrected chi connectivity index (χ1v) is 11.6. The molecule has 0 amide bonds. The average molecular weight is 451 g/mol. The Morgan fingerprint density at radius 1 is 1.03 bits per heavy atom. The Balaban J connectivity index is 0.000000187. The molecule has 31 heavy (non-hydrogen) atoms. The number of halogens is 1. The largest absolute Gasteiger partial charge is 0.388 e. The molecule has 0 aliphatic carbocycles. The number of carbonyl (C=O) groups is 1. The standard InChI is InChI=1S/C15H13N3.C9H10ClNOS/c1-16-13-7-4-6-11(9-13)15-17-10-12-5-2-3-8-14(12)18-15;1-13(2)11-8-4-3-7(6-12)9(10)5-8/h2-10,16H,1H3;3-6,11H,1H2,2H3. The summed E-state index contributed by atoms with van der Waals surface area (Å²) < 4.78 is 3.11. The van der Waals surface area contributed by atoms with Crippen LogP contribution in [0.15, 0.2) is 72.9 Å². The number of aromatic nitrogens is 2. The third-order valence-electron chi connectivity index (χ3n) is 4.32. The molecule has 1 heterocycles. The van der Waals surface area contributed by atoms with E-state index in [-0.39, 0.29) is 10.7 Å². The zero-order valence-corrected chi connectivity index (χ0v) is 18.9. The average Bonchev–Trinajstić information content (AvgIpc) is 2.79. The second-order valence-corrected chi connectivity index (χ2v) is 8.56. The van der Waals surface area contributed by atoms with Gasteiger partial charge in [-0.15, -0.1) is 10.7 Å². The van der Waals surface area contributed by atoms with Crippen LogP contribution in [0, 0.1) is 0 Å². The first kappa shape index (κ1) is 22.5.